The second-order valence-corrected chi connectivity index (χ2v) is 7.12. The molecule has 6 nitrogen and oxygen atoms in total. The SMILES string of the molecule is O=C(NCc1ccc(F)cc1)C1CCN(c2ccc(-c3cccnc3)nn2)CC1. The average molecular weight is 391 g/mol. The quantitative estimate of drug-likeness (QED) is 0.723. The van der Waals surface area contributed by atoms with Crippen molar-refractivity contribution in [2.24, 2.45) is 5.92 Å². The van der Waals surface area contributed by atoms with Crippen LogP contribution in [-0.2, 0) is 11.3 Å². The van der Waals surface area contributed by atoms with E-state index in [2.05, 4.69) is 25.4 Å². The minimum Gasteiger partial charge on any atom is -0.355 e. The second-order valence-electron chi connectivity index (χ2n) is 7.12. The summed E-state index contributed by atoms with van der Waals surface area (Å²) in [6, 6.07) is 13.9. The fourth-order valence-corrected chi connectivity index (χ4v) is 3.47. The van der Waals surface area contributed by atoms with Gasteiger partial charge in [-0.05, 0) is 54.8 Å². The minimum atomic E-state index is -0.274. The molecule has 7 heteroatoms. The fraction of sp³-hybridized carbons (Fsp3) is 0.273. The third kappa shape index (κ3) is 4.74. The Morgan fingerprint density at radius 3 is 2.52 bits per heavy atom. The van der Waals surface area contributed by atoms with Crippen molar-refractivity contribution >= 4 is 11.7 Å². The van der Waals surface area contributed by atoms with E-state index in [1.54, 1.807) is 24.5 Å². The summed E-state index contributed by atoms with van der Waals surface area (Å²) >= 11 is 0. The highest BCUT2D eigenvalue weighted by atomic mass is 19.1. The van der Waals surface area contributed by atoms with Gasteiger partial charge >= 0.3 is 0 Å². The van der Waals surface area contributed by atoms with Crippen molar-refractivity contribution in [3.8, 4) is 11.3 Å². The smallest absolute Gasteiger partial charge is 0.223 e. The van der Waals surface area contributed by atoms with Gasteiger partial charge in [-0.2, -0.15) is 0 Å². The Morgan fingerprint density at radius 1 is 1.07 bits per heavy atom. The highest BCUT2D eigenvalue weighted by Crippen LogP contribution is 2.23. The first-order valence-corrected chi connectivity index (χ1v) is 9.70. The molecule has 0 unspecified atom stereocenters. The molecule has 0 atom stereocenters. The number of anilines is 1. The molecule has 1 aliphatic heterocycles. The van der Waals surface area contributed by atoms with Crippen molar-refractivity contribution in [1.82, 2.24) is 20.5 Å². The number of amides is 1. The van der Waals surface area contributed by atoms with Gasteiger partial charge in [-0.25, -0.2) is 4.39 Å². The highest BCUT2D eigenvalue weighted by molar-refractivity contribution is 5.79. The van der Waals surface area contributed by atoms with Gasteiger partial charge in [0.2, 0.25) is 5.91 Å². The Kier molecular flexibility index (Phi) is 5.74. The van der Waals surface area contributed by atoms with Crippen LogP contribution in [0.2, 0.25) is 0 Å². The zero-order chi connectivity index (χ0) is 20.1. The summed E-state index contributed by atoms with van der Waals surface area (Å²) in [5.41, 5.74) is 2.61. The zero-order valence-electron chi connectivity index (χ0n) is 16.0. The number of benzene rings is 1. The first-order chi connectivity index (χ1) is 14.2. The van der Waals surface area contributed by atoms with E-state index >= 15 is 0 Å². The lowest BCUT2D eigenvalue weighted by Gasteiger charge is -2.31. The maximum Gasteiger partial charge on any atom is 0.223 e. The van der Waals surface area contributed by atoms with E-state index in [1.807, 2.05) is 24.3 Å². The molecule has 0 bridgehead atoms. The number of carbonyl (C=O) groups excluding carboxylic acids is 1. The summed E-state index contributed by atoms with van der Waals surface area (Å²) in [6.45, 7) is 1.94. The average Bonchev–Trinajstić information content (AvgIpc) is 2.79. The molecule has 0 aliphatic carbocycles. The molecule has 3 aromatic rings. The normalized spacial score (nSPS) is 14.6. The Balaban J connectivity index is 1.28. The van der Waals surface area contributed by atoms with Gasteiger partial charge in [-0.3, -0.25) is 9.78 Å². The zero-order valence-corrected chi connectivity index (χ0v) is 16.0. The number of hydrogen-bond acceptors (Lipinski definition) is 5. The van der Waals surface area contributed by atoms with Crippen LogP contribution < -0.4 is 10.2 Å². The molecular weight excluding hydrogens is 369 g/mol. The van der Waals surface area contributed by atoms with E-state index in [0.717, 1.165) is 48.6 Å². The van der Waals surface area contributed by atoms with Crippen molar-refractivity contribution in [2.75, 3.05) is 18.0 Å². The Labute approximate surface area is 168 Å². The predicted molar refractivity (Wildman–Crippen MR) is 108 cm³/mol. The van der Waals surface area contributed by atoms with E-state index < -0.39 is 0 Å². The summed E-state index contributed by atoms with van der Waals surface area (Å²) < 4.78 is 13.0. The van der Waals surface area contributed by atoms with Gasteiger partial charge in [0.25, 0.3) is 0 Å². The standard InChI is InChI=1S/C22H22FN5O/c23-19-5-3-16(4-6-19)14-25-22(29)17-9-12-28(13-10-17)21-8-7-20(26-27-21)18-2-1-11-24-15-18/h1-8,11,15,17H,9-10,12-14H2,(H,25,29). The lowest BCUT2D eigenvalue weighted by atomic mass is 9.96. The van der Waals surface area contributed by atoms with E-state index in [0.29, 0.717) is 6.54 Å². The first kappa shape index (κ1) is 19.0. The topological polar surface area (TPSA) is 71.0 Å². The van der Waals surface area contributed by atoms with Gasteiger partial charge in [-0.1, -0.05) is 12.1 Å². The largest absolute Gasteiger partial charge is 0.355 e. The molecule has 0 spiro atoms. The van der Waals surface area contributed by atoms with E-state index in [-0.39, 0.29) is 17.6 Å². The Hall–Kier alpha value is -3.35. The monoisotopic (exact) mass is 391 g/mol. The van der Waals surface area contributed by atoms with Crippen molar-refractivity contribution in [1.29, 1.82) is 0 Å². The first-order valence-electron chi connectivity index (χ1n) is 9.70. The van der Waals surface area contributed by atoms with Gasteiger partial charge < -0.3 is 10.2 Å². The van der Waals surface area contributed by atoms with Gasteiger partial charge in [0.1, 0.15) is 5.82 Å². The predicted octanol–water partition coefficient (Wildman–Crippen LogP) is 3.21. The molecule has 1 amide bonds. The summed E-state index contributed by atoms with van der Waals surface area (Å²) in [4.78, 5) is 18.7. The number of pyridine rings is 1. The van der Waals surface area contributed by atoms with E-state index in [9.17, 15) is 9.18 Å². The van der Waals surface area contributed by atoms with Gasteiger partial charge in [0, 0.05) is 43.5 Å². The third-order valence-electron chi connectivity index (χ3n) is 5.18. The van der Waals surface area contributed by atoms with Crippen LogP contribution in [0.5, 0.6) is 0 Å². The van der Waals surface area contributed by atoms with Gasteiger partial charge in [0.15, 0.2) is 5.82 Å². The molecule has 148 valence electrons. The molecule has 1 fully saturated rings. The lowest BCUT2D eigenvalue weighted by Crippen LogP contribution is -2.40. The van der Waals surface area contributed by atoms with Crippen LogP contribution in [-0.4, -0.2) is 34.2 Å². The van der Waals surface area contributed by atoms with Crippen LogP contribution in [0.25, 0.3) is 11.3 Å². The second kappa shape index (κ2) is 8.77. The minimum absolute atomic E-state index is 0.0191. The van der Waals surface area contributed by atoms with Crippen molar-refractivity contribution in [3.63, 3.8) is 0 Å². The van der Waals surface area contributed by atoms with E-state index in [1.165, 1.54) is 12.1 Å². The van der Waals surface area contributed by atoms with Crippen LogP contribution in [0.4, 0.5) is 10.2 Å². The molecule has 29 heavy (non-hydrogen) atoms. The number of nitrogens with one attached hydrogen (secondary N) is 1. The molecular formula is C22H22FN5O. The summed E-state index contributed by atoms with van der Waals surface area (Å²) in [7, 11) is 0. The molecule has 2 aromatic heterocycles. The third-order valence-corrected chi connectivity index (χ3v) is 5.18. The molecule has 0 saturated carbocycles. The number of nitrogens with zero attached hydrogens (tertiary/aromatic N) is 4. The van der Waals surface area contributed by atoms with Crippen LogP contribution in [0.1, 0.15) is 18.4 Å². The Bertz CT molecular complexity index is 939. The molecule has 1 saturated heterocycles. The van der Waals surface area contributed by atoms with Crippen LogP contribution in [0.3, 0.4) is 0 Å². The summed E-state index contributed by atoms with van der Waals surface area (Å²) in [6.07, 6.45) is 5.02. The van der Waals surface area contributed by atoms with Crippen molar-refractivity contribution in [3.05, 3.63) is 72.3 Å². The fourth-order valence-electron chi connectivity index (χ4n) is 3.47. The molecule has 1 aromatic carbocycles. The van der Waals surface area contributed by atoms with Crippen molar-refractivity contribution in [2.45, 2.75) is 19.4 Å². The number of carbonyl (C=O) groups is 1. The Morgan fingerprint density at radius 2 is 1.86 bits per heavy atom. The molecule has 1 aliphatic rings. The van der Waals surface area contributed by atoms with Gasteiger partial charge in [0.05, 0.1) is 5.69 Å². The highest BCUT2D eigenvalue weighted by Gasteiger charge is 2.25. The maximum absolute atomic E-state index is 13.0. The molecule has 4 rings (SSSR count). The number of hydrogen-bond donors (Lipinski definition) is 1. The van der Waals surface area contributed by atoms with Crippen molar-refractivity contribution < 1.29 is 9.18 Å². The van der Waals surface area contributed by atoms with E-state index in [4.69, 9.17) is 0 Å². The summed E-state index contributed by atoms with van der Waals surface area (Å²) in [5.74, 6) is 0.577. The number of aromatic nitrogens is 3. The molecule has 1 N–H and O–H groups in total. The number of rotatable bonds is 5. The number of halogens is 1. The molecule has 3 heterocycles. The summed E-state index contributed by atoms with van der Waals surface area (Å²) in [5, 5.41) is 11.6. The molecule has 0 radical (unpaired) electrons. The van der Waals surface area contributed by atoms with Crippen LogP contribution in [0.15, 0.2) is 60.9 Å². The van der Waals surface area contributed by atoms with Gasteiger partial charge in [-0.15, -0.1) is 10.2 Å². The van der Waals surface area contributed by atoms with Crippen LogP contribution >= 0.6 is 0 Å². The van der Waals surface area contributed by atoms with Crippen LogP contribution in [0, 0.1) is 11.7 Å². The number of piperidine rings is 1. The lowest BCUT2D eigenvalue weighted by molar-refractivity contribution is -0.125. The maximum atomic E-state index is 13.0.